The van der Waals surface area contributed by atoms with Crippen LogP contribution in [0.4, 0.5) is 5.82 Å². The van der Waals surface area contributed by atoms with Crippen LogP contribution in [0.3, 0.4) is 0 Å². The van der Waals surface area contributed by atoms with E-state index in [0.29, 0.717) is 6.10 Å². The highest BCUT2D eigenvalue weighted by Crippen LogP contribution is 2.25. The molecule has 0 amide bonds. The number of thiazole rings is 1. The van der Waals surface area contributed by atoms with Crippen LogP contribution in [0, 0.1) is 0 Å². The van der Waals surface area contributed by atoms with E-state index in [1.807, 2.05) is 0 Å². The molecule has 0 radical (unpaired) electrons. The van der Waals surface area contributed by atoms with Crippen LogP contribution in [0.2, 0.25) is 0 Å². The van der Waals surface area contributed by atoms with Gasteiger partial charge in [-0.15, -0.1) is 11.3 Å². The van der Waals surface area contributed by atoms with Crippen LogP contribution in [0.15, 0.2) is 11.6 Å². The molecular weight excluding hydrogens is 284 g/mol. The van der Waals surface area contributed by atoms with Gasteiger partial charge in [0.05, 0.1) is 11.8 Å². The second-order valence-corrected chi connectivity index (χ2v) is 6.50. The molecule has 1 unspecified atom stereocenters. The van der Waals surface area contributed by atoms with Crippen molar-refractivity contribution in [2.75, 3.05) is 31.6 Å². The minimum absolute atomic E-state index is 0.353. The molecule has 2 aromatic heterocycles. The highest BCUT2D eigenvalue weighted by Gasteiger charge is 2.21. The first-order valence-electron chi connectivity index (χ1n) is 7.77. The topological polar surface area (TPSA) is 41.8 Å². The van der Waals surface area contributed by atoms with Crippen LogP contribution >= 0.6 is 11.3 Å². The Balaban J connectivity index is 1.78. The lowest BCUT2D eigenvalue weighted by molar-refractivity contribution is 0.116. The smallest absolute Gasteiger partial charge is 0.195 e. The third kappa shape index (κ3) is 3.22. The molecule has 2 aromatic rings. The summed E-state index contributed by atoms with van der Waals surface area (Å²) in [6.07, 6.45) is 5.95. The number of nitrogens with one attached hydrogen (secondary N) is 1. The van der Waals surface area contributed by atoms with Crippen molar-refractivity contribution in [2.45, 2.75) is 38.8 Å². The largest absolute Gasteiger partial charge is 0.376 e. The molecule has 1 aliphatic rings. The average Bonchev–Trinajstić information content (AvgIpc) is 3.16. The molecule has 0 aromatic carbocycles. The number of ether oxygens (including phenoxy) is 1. The van der Waals surface area contributed by atoms with E-state index in [1.54, 1.807) is 11.3 Å². The minimum Gasteiger partial charge on any atom is -0.376 e. The molecule has 3 heterocycles. The zero-order valence-electron chi connectivity index (χ0n) is 12.8. The number of nitrogens with zero attached hydrogens (tertiary/aromatic N) is 3. The summed E-state index contributed by atoms with van der Waals surface area (Å²) in [7, 11) is 2.12. The van der Waals surface area contributed by atoms with E-state index in [-0.39, 0.29) is 0 Å². The highest BCUT2D eigenvalue weighted by atomic mass is 32.1. The van der Waals surface area contributed by atoms with E-state index in [2.05, 4.69) is 40.2 Å². The Labute approximate surface area is 129 Å². The normalized spacial score (nSPS) is 18.7. The maximum atomic E-state index is 5.75. The zero-order valence-corrected chi connectivity index (χ0v) is 13.7. The van der Waals surface area contributed by atoms with Crippen molar-refractivity contribution >= 4 is 22.1 Å². The van der Waals surface area contributed by atoms with Gasteiger partial charge >= 0.3 is 0 Å². The van der Waals surface area contributed by atoms with Gasteiger partial charge in [0.1, 0.15) is 0 Å². The van der Waals surface area contributed by atoms with Crippen LogP contribution in [0.25, 0.3) is 4.96 Å². The molecule has 0 bridgehead atoms. The van der Waals surface area contributed by atoms with E-state index in [1.165, 1.54) is 12.1 Å². The Hall–Kier alpha value is -1.11. The van der Waals surface area contributed by atoms with E-state index < -0.39 is 0 Å². The standard InChI is InChI=1S/C15H24N4OS/c1-3-6-16-10-13-14(17-15-19(13)7-9-21-15)18(2)11-12-5-4-8-20-12/h7,9,12,16H,3-6,8,10-11H2,1-2H3. The van der Waals surface area contributed by atoms with Crippen LogP contribution in [0.1, 0.15) is 31.9 Å². The number of likely N-dealkylation sites (N-methyl/N-ethyl adjacent to an activating group) is 1. The lowest BCUT2D eigenvalue weighted by Crippen LogP contribution is -2.30. The van der Waals surface area contributed by atoms with Gasteiger partial charge in [0.25, 0.3) is 0 Å². The average molecular weight is 308 g/mol. The summed E-state index contributed by atoms with van der Waals surface area (Å²) in [5.41, 5.74) is 1.25. The fraction of sp³-hybridized carbons (Fsp3) is 0.667. The predicted octanol–water partition coefficient (Wildman–Crippen LogP) is 2.51. The number of aromatic nitrogens is 2. The van der Waals surface area contributed by atoms with Crippen LogP contribution in [0.5, 0.6) is 0 Å². The molecule has 1 fully saturated rings. The monoisotopic (exact) mass is 308 g/mol. The van der Waals surface area contributed by atoms with Crippen molar-refractivity contribution < 1.29 is 4.74 Å². The zero-order chi connectivity index (χ0) is 14.7. The van der Waals surface area contributed by atoms with Gasteiger partial charge in [-0.25, -0.2) is 4.98 Å². The molecule has 1 saturated heterocycles. The number of hydrogen-bond donors (Lipinski definition) is 1. The number of anilines is 1. The van der Waals surface area contributed by atoms with Gasteiger partial charge in [-0.2, -0.15) is 0 Å². The Morgan fingerprint density at radius 2 is 2.48 bits per heavy atom. The molecule has 1 atom stereocenters. The van der Waals surface area contributed by atoms with E-state index >= 15 is 0 Å². The lowest BCUT2D eigenvalue weighted by Gasteiger charge is -2.22. The number of fused-ring (bicyclic) bond motifs is 1. The number of imidazole rings is 1. The first-order chi connectivity index (χ1) is 10.3. The van der Waals surface area contributed by atoms with Gasteiger partial charge < -0.3 is 15.0 Å². The summed E-state index contributed by atoms with van der Waals surface area (Å²) in [5, 5.41) is 5.59. The van der Waals surface area contributed by atoms with Crippen molar-refractivity contribution in [1.82, 2.24) is 14.7 Å². The molecule has 3 rings (SSSR count). The molecule has 1 aliphatic heterocycles. The third-order valence-corrected chi connectivity index (χ3v) is 4.68. The van der Waals surface area contributed by atoms with E-state index in [9.17, 15) is 0 Å². The maximum Gasteiger partial charge on any atom is 0.195 e. The predicted molar refractivity (Wildman–Crippen MR) is 87.3 cm³/mol. The lowest BCUT2D eigenvalue weighted by atomic mass is 10.2. The molecule has 0 saturated carbocycles. The Morgan fingerprint density at radius 1 is 1.57 bits per heavy atom. The SMILES string of the molecule is CCCNCc1c(N(C)CC2CCCO2)nc2sccn12. The number of rotatable bonds is 7. The van der Waals surface area contributed by atoms with Crippen LogP contribution < -0.4 is 10.2 Å². The molecule has 5 nitrogen and oxygen atoms in total. The summed E-state index contributed by atoms with van der Waals surface area (Å²) < 4.78 is 7.95. The summed E-state index contributed by atoms with van der Waals surface area (Å²) >= 11 is 1.69. The number of hydrogen-bond acceptors (Lipinski definition) is 5. The van der Waals surface area contributed by atoms with Crippen LogP contribution in [-0.4, -0.2) is 42.2 Å². The Kier molecular flexibility index (Phi) is 4.77. The molecule has 0 aliphatic carbocycles. The van der Waals surface area contributed by atoms with Crippen molar-refractivity contribution in [2.24, 2.45) is 0 Å². The van der Waals surface area contributed by atoms with Crippen molar-refractivity contribution in [3.63, 3.8) is 0 Å². The second-order valence-electron chi connectivity index (χ2n) is 5.63. The van der Waals surface area contributed by atoms with E-state index in [4.69, 9.17) is 9.72 Å². The van der Waals surface area contributed by atoms with Gasteiger partial charge in [-0.05, 0) is 25.8 Å². The summed E-state index contributed by atoms with van der Waals surface area (Å²) in [5.74, 6) is 1.08. The Morgan fingerprint density at radius 3 is 3.24 bits per heavy atom. The minimum atomic E-state index is 0.353. The third-order valence-electron chi connectivity index (χ3n) is 3.92. The van der Waals surface area contributed by atoms with Gasteiger partial charge in [0.2, 0.25) is 0 Å². The first-order valence-corrected chi connectivity index (χ1v) is 8.65. The van der Waals surface area contributed by atoms with Gasteiger partial charge in [0, 0.05) is 38.3 Å². The van der Waals surface area contributed by atoms with Crippen molar-refractivity contribution in [1.29, 1.82) is 0 Å². The molecule has 1 N–H and O–H groups in total. The molecule has 0 spiro atoms. The highest BCUT2D eigenvalue weighted by molar-refractivity contribution is 7.15. The fourth-order valence-corrected chi connectivity index (χ4v) is 3.58. The fourth-order valence-electron chi connectivity index (χ4n) is 2.85. The molecule has 21 heavy (non-hydrogen) atoms. The quantitative estimate of drug-likeness (QED) is 0.798. The van der Waals surface area contributed by atoms with Crippen LogP contribution in [-0.2, 0) is 11.3 Å². The van der Waals surface area contributed by atoms with Crippen molar-refractivity contribution in [3.05, 3.63) is 17.3 Å². The maximum absolute atomic E-state index is 5.75. The summed E-state index contributed by atoms with van der Waals surface area (Å²) in [6, 6.07) is 0. The summed E-state index contributed by atoms with van der Waals surface area (Å²) in [6.45, 7) is 5.91. The summed E-state index contributed by atoms with van der Waals surface area (Å²) in [4.78, 5) is 8.12. The van der Waals surface area contributed by atoms with E-state index in [0.717, 1.165) is 49.9 Å². The van der Waals surface area contributed by atoms with Gasteiger partial charge in [0.15, 0.2) is 10.8 Å². The second kappa shape index (κ2) is 6.77. The van der Waals surface area contributed by atoms with Gasteiger partial charge in [-0.3, -0.25) is 4.40 Å². The molecule has 6 heteroatoms. The molecule has 116 valence electrons. The van der Waals surface area contributed by atoms with Crippen molar-refractivity contribution in [3.8, 4) is 0 Å². The van der Waals surface area contributed by atoms with Gasteiger partial charge in [-0.1, -0.05) is 6.92 Å². The first kappa shape index (κ1) is 14.8. The Bertz CT molecular complexity index is 573. The molecular formula is C15H24N4OS.